The molecule has 0 unspecified atom stereocenters. The smallest absolute Gasteiger partial charge is 0.270 e. The number of carbonyl (C=O) groups is 3. The zero-order valence-electron chi connectivity index (χ0n) is 20.8. The summed E-state index contributed by atoms with van der Waals surface area (Å²) in [5.41, 5.74) is 6.20. The Morgan fingerprint density at radius 1 is 0.800 bits per heavy atom. The summed E-state index contributed by atoms with van der Waals surface area (Å²) in [4.78, 5) is 38.5. The van der Waals surface area contributed by atoms with Crippen LogP contribution in [-0.4, -0.2) is 17.7 Å². The maximum absolute atomic E-state index is 13.1. The third-order valence-electron chi connectivity index (χ3n) is 5.52. The normalized spacial score (nSPS) is 11.0. The third kappa shape index (κ3) is 7.81. The fourth-order valence-corrected chi connectivity index (χ4v) is 3.42. The van der Waals surface area contributed by atoms with Crippen molar-refractivity contribution in [2.24, 2.45) is 5.41 Å². The number of aryl methyl sites for hydroxylation is 1. The summed E-state index contributed by atoms with van der Waals surface area (Å²) >= 11 is 0. The summed E-state index contributed by atoms with van der Waals surface area (Å²) in [7, 11) is 0. The van der Waals surface area contributed by atoms with Gasteiger partial charge in [-0.15, -0.1) is 0 Å². The predicted octanol–water partition coefficient (Wildman–Crippen LogP) is 5.43. The quantitative estimate of drug-likeness (QED) is 0.451. The predicted molar refractivity (Wildman–Crippen MR) is 139 cm³/mol. The van der Waals surface area contributed by atoms with Crippen molar-refractivity contribution in [3.05, 3.63) is 101 Å². The van der Waals surface area contributed by atoms with Crippen LogP contribution in [0.15, 0.2) is 78.9 Å². The van der Waals surface area contributed by atoms with Crippen molar-refractivity contribution in [3.8, 4) is 0 Å². The van der Waals surface area contributed by atoms with Gasteiger partial charge in [-0.3, -0.25) is 19.8 Å². The van der Waals surface area contributed by atoms with E-state index >= 15 is 0 Å². The zero-order valence-corrected chi connectivity index (χ0v) is 20.8. The molecule has 0 heterocycles. The molecule has 0 aromatic heterocycles. The van der Waals surface area contributed by atoms with Crippen molar-refractivity contribution in [3.63, 3.8) is 0 Å². The maximum atomic E-state index is 13.1. The molecule has 0 atom stereocenters. The molecule has 35 heavy (non-hydrogen) atoms. The fraction of sp³-hybridized carbons (Fsp3) is 0.276. The number of nitrogens with zero attached hydrogens (tertiary/aromatic N) is 1. The van der Waals surface area contributed by atoms with Gasteiger partial charge in [0.1, 0.15) is 0 Å². The van der Waals surface area contributed by atoms with Crippen LogP contribution in [0.4, 0.5) is 5.69 Å². The lowest BCUT2D eigenvalue weighted by molar-refractivity contribution is -0.119. The first kappa shape index (κ1) is 25.7. The first-order chi connectivity index (χ1) is 16.6. The van der Waals surface area contributed by atoms with Crippen molar-refractivity contribution in [1.29, 1.82) is 0 Å². The molecule has 0 fully saturated rings. The number of hydrogen-bond acceptors (Lipinski definition) is 3. The molecule has 0 radical (unpaired) electrons. The largest absolute Gasteiger partial charge is 0.348 e. The van der Waals surface area contributed by atoms with Crippen LogP contribution in [0, 0.1) is 12.3 Å². The Labute approximate surface area is 207 Å². The first-order valence-corrected chi connectivity index (χ1v) is 11.8. The van der Waals surface area contributed by atoms with Crippen molar-refractivity contribution in [2.45, 2.75) is 47.1 Å². The second-order valence-corrected chi connectivity index (χ2v) is 9.82. The number of hydrogen-bond donors (Lipinski definition) is 2. The van der Waals surface area contributed by atoms with E-state index in [9.17, 15) is 14.4 Å². The molecule has 0 aliphatic heterocycles. The van der Waals surface area contributed by atoms with Crippen LogP contribution in [-0.2, 0) is 11.3 Å². The molecule has 0 aliphatic rings. The van der Waals surface area contributed by atoms with Crippen LogP contribution in [0.3, 0.4) is 0 Å². The molecule has 3 amide bonds. The Balaban J connectivity index is 1.72. The van der Waals surface area contributed by atoms with Crippen LogP contribution >= 0.6 is 0 Å². The molecular formula is C29H33N3O3. The van der Waals surface area contributed by atoms with Crippen molar-refractivity contribution < 1.29 is 14.4 Å². The Kier molecular flexibility index (Phi) is 8.42. The number of hydrazine groups is 1. The molecule has 3 aromatic rings. The van der Waals surface area contributed by atoms with Crippen LogP contribution in [0.1, 0.15) is 65.5 Å². The third-order valence-corrected chi connectivity index (χ3v) is 5.52. The lowest BCUT2D eigenvalue weighted by Crippen LogP contribution is -2.46. The molecule has 6 heteroatoms. The summed E-state index contributed by atoms with van der Waals surface area (Å²) in [6.45, 7) is 8.49. The molecule has 182 valence electrons. The molecule has 0 aliphatic carbocycles. The molecule has 3 aromatic carbocycles. The molecule has 0 saturated heterocycles. The van der Waals surface area contributed by atoms with E-state index in [-0.39, 0.29) is 23.8 Å². The standard InChI is InChI=1S/C29H33N3O3/c1-21-13-15-25(16-14-21)32(26(33)17-18-29(2,3)4)31-28(35)24-12-8-9-22(19-24)20-30-27(34)23-10-6-5-7-11-23/h5-16,19H,17-18,20H2,1-4H3,(H,30,34)(H,31,35). The van der Waals surface area contributed by atoms with Gasteiger partial charge >= 0.3 is 0 Å². The van der Waals surface area contributed by atoms with E-state index in [0.717, 1.165) is 11.1 Å². The number of rotatable bonds is 7. The van der Waals surface area contributed by atoms with Gasteiger partial charge in [0.15, 0.2) is 0 Å². The number of nitrogens with one attached hydrogen (secondary N) is 2. The van der Waals surface area contributed by atoms with Gasteiger partial charge in [0.25, 0.3) is 11.8 Å². The van der Waals surface area contributed by atoms with E-state index in [1.165, 1.54) is 5.01 Å². The average Bonchev–Trinajstić information content (AvgIpc) is 2.85. The SMILES string of the molecule is Cc1ccc(N(NC(=O)c2cccc(CNC(=O)c3ccccc3)c2)C(=O)CCC(C)(C)C)cc1. The highest BCUT2D eigenvalue weighted by atomic mass is 16.2. The second kappa shape index (κ2) is 11.5. The maximum Gasteiger partial charge on any atom is 0.270 e. The van der Waals surface area contributed by atoms with Gasteiger partial charge < -0.3 is 5.32 Å². The van der Waals surface area contributed by atoms with E-state index < -0.39 is 5.91 Å². The Hall–Kier alpha value is -3.93. The molecular weight excluding hydrogens is 438 g/mol. The van der Waals surface area contributed by atoms with E-state index in [2.05, 4.69) is 31.5 Å². The van der Waals surface area contributed by atoms with Gasteiger partial charge in [0, 0.05) is 24.1 Å². The highest BCUT2D eigenvalue weighted by Gasteiger charge is 2.22. The number of carbonyl (C=O) groups excluding carboxylic acids is 3. The van der Waals surface area contributed by atoms with Gasteiger partial charge in [-0.2, -0.15) is 0 Å². The summed E-state index contributed by atoms with van der Waals surface area (Å²) in [5, 5.41) is 4.20. The van der Waals surface area contributed by atoms with Crippen LogP contribution in [0.2, 0.25) is 0 Å². The van der Waals surface area contributed by atoms with Gasteiger partial charge in [-0.25, -0.2) is 5.01 Å². The fourth-order valence-electron chi connectivity index (χ4n) is 3.42. The van der Waals surface area contributed by atoms with Gasteiger partial charge in [0.2, 0.25) is 5.91 Å². The summed E-state index contributed by atoms with van der Waals surface area (Å²) in [6, 6.07) is 23.4. The highest BCUT2D eigenvalue weighted by molar-refractivity contribution is 6.01. The molecule has 0 spiro atoms. The number of anilines is 1. The van der Waals surface area contributed by atoms with Crippen LogP contribution in [0.5, 0.6) is 0 Å². The highest BCUT2D eigenvalue weighted by Crippen LogP contribution is 2.23. The van der Waals surface area contributed by atoms with E-state index in [1.54, 1.807) is 30.3 Å². The second-order valence-electron chi connectivity index (χ2n) is 9.82. The average molecular weight is 472 g/mol. The Morgan fingerprint density at radius 2 is 1.46 bits per heavy atom. The van der Waals surface area contributed by atoms with Crippen molar-refractivity contribution in [1.82, 2.24) is 10.7 Å². The lowest BCUT2D eigenvalue weighted by atomic mass is 9.90. The van der Waals surface area contributed by atoms with Gasteiger partial charge in [-0.1, -0.05) is 68.8 Å². The van der Waals surface area contributed by atoms with Crippen molar-refractivity contribution in [2.75, 3.05) is 5.01 Å². The Morgan fingerprint density at radius 3 is 2.11 bits per heavy atom. The van der Waals surface area contributed by atoms with E-state index in [1.807, 2.05) is 55.5 Å². The minimum atomic E-state index is -0.397. The molecule has 2 N–H and O–H groups in total. The number of benzene rings is 3. The van der Waals surface area contributed by atoms with Gasteiger partial charge in [-0.05, 0) is 60.7 Å². The lowest BCUT2D eigenvalue weighted by Gasteiger charge is -2.25. The molecule has 0 bridgehead atoms. The number of amides is 3. The minimum absolute atomic E-state index is 0.00285. The minimum Gasteiger partial charge on any atom is -0.348 e. The summed E-state index contributed by atoms with van der Waals surface area (Å²) in [5.74, 6) is -0.759. The Bertz CT molecular complexity index is 1170. The van der Waals surface area contributed by atoms with Gasteiger partial charge in [0.05, 0.1) is 5.69 Å². The first-order valence-electron chi connectivity index (χ1n) is 11.8. The zero-order chi connectivity index (χ0) is 25.4. The molecule has 3 rings (SSSR count). The summed E-state index contributed by atoms with van der Waals surface area (Å²) < 4.78 is 0. The summed E-state index contributed by atoms with van der Waals surface area (Å²) in [6.07, 6.45) is 1.00. The van der Waals surface area contributed by atoms with Crippen LogP contribution < -0.4 is 15.8 Å². The molecule has 6 nitrogen and oxygen atoms in total. The molecule has 0 saturated carbocycles. The van der Waals surface area contributed by atoms with E-state index in [0.29, 0.717) is 29.7 Å². The van der Waals surface area contributed by atoms with Crippen LogP contribution in [0.25, 0.3) is 0 Å². The monoisotopic (exact) mass is 471 g/mol. The van der Waals surface area contributed by atoms with Crippen molar-refractivity contribution >= 4 is 23.4 Å². The van der Waals surface area contributed by atoms with E-state index in [4.69, 9.17) is 0 Å². The topological polar surface area (TPSA) is 78.5 Å².